The van der Waals surface area contributed by atoms with E-state index in [2.05, 4.69) is 20.4 Å². The van der Waals surface area contributed by atoms with E-state index in [0.29, 0.717) is 29.6 Å². The molecule has 2 fully saturated rings. The first-order valence-electron chi connectivity index (χ1n) is 7.25. The van der Waals surface area contributed by atoms with Gasteiger partial charge in [-0.3, -0.25) is 0 Å². The highest BCUT2D eigenvalue weighted by Gasteiger charge is 2.46. The van der Waals surface area contributed by atoms with Crippen molar-refractivity contribution < 1.29 is 14.6 Å². The molecule has 4 heteroatoms. The Morgan fingerprint density at radius 2 is 1.95 bits per heavy atom. The number of nitrogens with zero attached hydrogens (tertiary/aromatic N) is 1. The zero-order chi connectivity index (χ0) is 14.0. The van der Waals surface area contributed by atoms with Crippen LogP contribution in [0.5, 0.6) is 0 Å². The van der Waals surface area contributed by atoms with Gasteiger partial charge in [0.2, 0.25) is 0 Å². The van der Waals surface area contributed by atoms with Crippen LogP contribution in [0.25, 0.3) is 0 Å². The van der Waals surface area contributed by atoms with Crippen LogP contribution < -0.4 is 0 Å². The molecule has 2 bridgehead atoms. The van der Waals surface area contributed by atoms with Crippen LogP contribution in [0.4, 0.5) is 4.79 Å². The van der Waals surface area contributed by atoms with Crippen LogP contribution in [0.1, 0.15) is 26.7 Å². The van der Waals surface area contributed by atoms with Crippen molar-refractivity contribution in [2.45, 2.75) is 26.7 Å². The maximum Gasteiger partial charge on any atom is 0.414 e. The molecule has 0 spiro atoms. The number of rotatable bonds is 3. The normalized spacial score (nSPS) is 37.8. The zero-order valence-corrected chi connectivity index (χ0v) is 11.9. The summed E-state index contributed by atoms with van der Waals surface area (Å²) in [5.74, 6) is 2.71. The standard InChI is InChI=1S/C15H25NO3/c1-4-19-15(18)16-8-13-10(2)7-11(3)14(9-16)12(13)5-6-17/h4,10-14,17H,1,5-9H2,2-3H3/t10-,11-,12?,13?,14?/m1/s1. The number of aliphatic hydroxyl groups is 1. The molecule has 0 aromatic carbocycles. The Labute approximate surface area is 115 Å². The molecule has 1 saturated heterocycles. The smallest absolute Gasteiger partial charge is 0.414 e. The summed E-state index contributed by atoms with van der Waals surface area (Å²) in [4.78, 5) is 13.7. The van der Waals surface area contributed by atoms with E-state index >= 15 is 0 Å². The quantitative estimate of drug-likeness (QED) is 0.799. The van der Waals surface area contributed by atoms with Crippen LogP contribution in [0, 0.1) is 29.6 Å². The number of carbonyl (C=O) groups excluding carboxylic acids is 1. The van der Waals surface area contributed by atoms with Gasteiger partial charge in [0, 0.05) is 19.7 Å². The van der Waals surface area contributed by atoms with Gasteiger partial charge in [-0.05, 0) is 42.4 Å². The highest BCUT2D eigenvalue weighted by Crippen LogP contribution is 2.47. The van der Waals surface area contributed by atoms with Crippen LogP contribution in [-0.2, 0) is 4.74 Å². The molecular weight excluding hydrogens is 242 g/mol. The number of likely N-dealkylation sites (tertiary alicyclic amines) is 1. The van der Waals surface area contributed by atoms with E-state index in [0.717, 1.165) is 19.5 Å². The summed E-state index contributed by atoms with van der Waals surface area (Å²) in [7, 11) is 0. The number of hydrogen-bond acceptors (Lipinski definition) is 3. The molecule has 1 aliphatic heterocycles. The average Bonchev–Trinajstić information content (AvgIpc) is 2.37. The summed E-state index contributed by atoms with van der Waals surface area (Å²) in [6, 6.07) is 0. The number of ether oxygens (including phenoxy) is 1. The second kappa shape index (κ2) is 5.95. The molecule has 19 heavy (non-hydrogen) atoms. The topological polar surface area (TPSA) is 49.8 Å². The molecule has 1 N–H and O–H groups in total. The fourth-order valence-electron chi connectivity index (χ4n) is 4.18. The highest BCUT2D eigenvalue weighted by atomic mass is 16.5. The lowest BCUT2D eigenvalue weighted by Crippen LogP contribution is -2.55. The van der Waals surface area contributed by atoms with Crippen LogP contribution in [0.3, 0.4) is 0 Å². The van der Waals surface area contributed by atoms with E-state index in [9.17, 15) is 9.90 Å². The third kappa shape index (κ3) is 2.78. The fraction of sp³-hybridized carbons (Fsp3) is 0.800. The number of piperidine rings is 1. The van der Waals surface area contributed by atoms with Gasteiger partial charge in [0.15, 0.2) is 0 Å². The Bertz CT molecular complexity index is 326. The van der Waals surface area contributed by atoms with E-state index in [1.54, 1.807) is 0 Å². The van der Waals surface area contributed by atoms with Crippen LogP contribution >= 0.6 is 0 Å². The molecule has 1 saturated carbocycles. The van der Waals surface area contributed by atoms with E-state index in [4.69, 9.17) is 4.74 Å². The second-order valence-corrected chi connectivity index (χ2v) is 6.15. The minimum Gasteiger partial charge on any atom is -0.419 e. The Kier molecular flexibility index (Phi) is 4.50. The summed E-state index contributed by atoms with van der Waals surface area (Å²) < 4.78 is 4.91. The zero-order valence-electron chi connectivity index (χ0n) is 11.9. The molecule has 2 rings (SSSR count). The molecular formula is C15H25NO3. The average molecular weight is 267 g/mol. The predicted molar refractivity (Wildman–Crippen MR) is 73.4 cm³/mol. The number of amides is 1. The van der Waals surface area contributed by atoms with E-state index in [1.165, 1.54) is 12.7 Å². The summed E-state index contributed by atoms with van der Waals surface area (Å²) in [6.07, 6.45) is 2.99. The van der Waals surface area contributed by atoms with Gasteiger partial charge in [0.25, 0.3) is 0 Å². The van der Waals surface area contributed by atoms with Crippen molar-refractivity contribution >= 4 is 6.09 Å². The van der Waals surface area contributed by atoms with Crippen LogP contribution in [-0.4, -0.2) is 35.8 Å². The van der Waals surface area contributed by atoms with Crippen molar-refractivity contribution in [3.05, 3.63) is 12.8 Å². The molecule has 1 aliphatic carbocycles. The van der Waals surface area contributed by atoms with E-state index in [1.807, 2.05) is 4.90 Å². The Morgan fingerprint density at radius 3 is 2.42 bits per heavy atom. The SMILES string of the molecule is C=COC(=O)N1CC2C(CCO)C(C1)[C@H](C)C[C@H]2C. The Morgan fingerprint density at radius 1 is 1.37 bits per heavy atom. The predicted octanol–water partition coefficient (Wildman–Crippen LogP) is 2.49. The van der Waals surface area contributed by atoms with E-state index in [-0.39, 0.29) is 12.7 Å². The summed E-state index contributed by atoms with van der Waals surface area (Å²) >= 11 is 0. The van der Waals surface area contributed by atoms with Crippen molar-refractivity contribution in [3.63, 3.8) is 0 Å². The third-order valence-electron chi connectivity index (χ3n) is 5.07. The molecule has 0 radical (unpaired) electrons. The van der Waals surface area contributed by atoms with Gasteiger partial charge < -0.3 is 14.7 Å². The van der Waals surface area contributed by atoms with Crippen molar-refractivity contribution in [2.24, 2.45) is 29.6 Å². The first kappa shape index (κ1) is 14.4. The van der Waals surface area contributed by atoms with Gasteiger partial charge in [-0.2, -0.15) is 0 Å². The molecule has 0 aromatic rings. The van der Waals surface area contributed by atoms with Gasteiger partial charge in [0.1, 0.15) is 0 Å². The van der Waals surface area contributed by atoms with Gasteiger partial charge in [-0.25, -0.2) is 4.79 Å². The molecule has 1 amide bonds. The lowest BCUT2D eigenvalue weighted by atomic mass is 9.59. The second-order valence-electron chi connectivity index (χ2n) is 6.15. The minimum atomic E-state index is -0.284. The van der Waals surface area contributed by atoms with Crippen LogP contribution in [0.2, 0.25) is 0 Å². The highest BCUT2D eigenvalue weighted by molar-refractivity contribution is 5.68. The summed E-state index contributed by atoms with van der Waals surface area (Å²) in [5, 5.41) is 9.29. The molecule has 2 unspecified atom stereocenters. The first-order chi connectivity index (χ1) is 9.08. The summed E-state index contributed by atoms with van der Waals surface area (Å²) in [5.41, 5.74) is 0. The monoisotopic (exact) mass is 267 g/mol. The van der Waals surface area contributed by atoms with Gasteiger partial charge >= 0.3 is 6.09 Å². The lowest BCUT2D eigenvalue weighted by Gasteiger charge is -2.52. The Hall–Kier alpha value is -1.03. The molecule has 4 nitrogen and oxygen atoms in total. The maximum atomic E-state index is 11.9. The number of fused-ring (bicyclic) bond motifs is 2. The third-order valence-corrected chi connectivity index (χ3v) is 5.07. The molecule has 4 atom stereocenters. The number of hydrogen-bond donors (Lipinski definition) is 1. The van der Waals surface area contributed by atoms with Gasteiger partial charge in [0.05, 0.1) is 6.26 Å². The molecule has 1 heterocycles. The van der Waals surface area contributed by atoms with Crippen molar-refractivity contribution in [3.8, 4) is 0 Å². The van der Waals surface area contributed by atoms with Gasteiger partial charge in [-0.15, -0.1) is 0 Å². The fourth-order valence-corrected chi connectivity index (χ4v) is 4.18. The summed E-state index contributed by atoms with van der Waals surface area (Å²) in [6.45, 7) is 9.72. The molecule has 0 aromatic heterocycles. The van der Waals surface area contributed by atoms with E-state index < -0.39 is 0 Å². The lowest BCUT2D eigenvalue weighted by molar-refractivity contribution is -0.0399. The first-order valence-corrected chi connectivity index (χ1v) is 7.25. The Balaban J connectivity index is 2.14. The van der Waals surface area contributed by atoms with Gasteiger partial charge in [-0.1, -0.05) is 20.4 Å². The van der Waals surface area contributed by atoms with Crippen LogP contribution in [0.15, 0.2) is 12.8 Å². The number of aliphatic hydroxyl groups excluding tert-OH is 1. The van der Waals surface area contributed by atoms with Crippen molar-refractivity contribution in [2.75, 3.05) is 19.7 Å². The molecule has 108 valence electrons. The maximum absolute atomic E-state index is 11.9. The largest absolute Gasteiger partial charge is 0.419 e. The van der Waals surface area contributed by atoms with Crippen molar-refractivity contribution in [1.29, 1.82) is 0 Å². The van der Waals surface area contributed by atoms with Crippen molar-refractivity contribution in [1.82, 2.24) is 4.90 Å². The minimum absolute atomic E-state index is 0.244. The molecule has 2 aliphatic rings. The number of carbonyl (C=O) groups is 1.